The third kappa shape index (κ3) is 4.23. The molecule has 5 rings (SSSR count). The van der Waals surface area contributed by atoms with Crippen LogP contribution in [0.2, 0.25) is 0 Å². The molecule has 1 aliphatic heterocycles. The smallest absolute Gasteiger partial charge is 0.341 e. The first-order chi connectivity index (χ1) is 17.0. The number of ether oxygens (including phenoxy) is 4. The van der Waals surface area contributed by atoms with E-state index in [-0.39, 0.29) is 6.79 Å². The van der Waals surface area contributed by atoms with Crippen LogP contribution in [0, 0.1) is 5.92 Å². The van der Waals surface area contributed by atoms with Gasteiger partial charge in [0, 0.05) is 17.9 Å². The van der Waals surface area contributed by atoms with Gasteiger partial charge < -0.3 is 29.2 Å². The Morgan fingerprint density at radius 3 is 2.54 bits per heavy atom. The Hall–Kier alpha value is -4.20. The van der Waals surface area contributed by atoms with Gasteiger partial charge in [-0.1, -0.05) is 36.4 Å². The molecule has 1 heterocycles. The van der Waals surface area contributed by atoms with E-state index < -0.39 is 36.3 Å². The summed E-state index contributed by atoms with van der Waals surface area (Å²) in [6.45, 7) is -0.423. The van der Waals surface area contributed by atoms with Crippen LogP contribution >= 0.6 is 0 Å². The zero-order chi connectivity index (χ0) is 24.5. The normalized spacial score (nSPS) is 20.1. The lowest BCUT2D eigenvalue weighted by molar-refractivity contribution is -0.143. The molecule has 0 bridgehead atoms. The molecule has 35 heavy (non-hydrogen) atoms. The predicted octanol–water partition coefficient (Wildman–Crippen LogP) is 4.06. The molecule has 0 aromatic heterocycles. The van der Waals surface area contributed by atoms with Crippen molar-refractivity contribution in [1.82, 2.24) is 0 Å². The number of rotatable bonds is 7. The minimum Gasteiger partial charge on any atom is -0.497 e. The molecule has 0 amide bonds. The van der Waals surface area contributed by atoms with Gasteiger partial charge in [-0.15, -0.1) is 0 Å². The van der Waals surface area contributed by atoms with Crippen molar-refractivity contribution in [2.75, 3.05) is 20.5 Å². The Kier molecular flexibility index (Phi) is 5.94. The van der Waals surface area contributed by atoms with Gasteiger partial charge in [-0.05, 0) is 46.9 Å². The van der Waals surface area contributed by atoms with E-state index in [1.807, 2.05) is 36.4 Å². The van der Waals surface area contributed by atoms with Crippen molar-refractivity contribution in [3.8, 4) is 23.0 Å². The summed E-state index contributed by atoms with van der Waals surface area (Å²) in [5, 5.41) is 19.7. The molecule has 0 radical (unpaired) electrons. The standard InChI is InChI=1S/C27H24O8/c1-32-17-7-8-19(22(12-17)33-13-24(28)29)20-10-15-4-2-3-5-18(15)25(26(20)27(30)31)16-6-9-21-23(11-16)35-14-34-21/h2-9,11-12,20,25-26H,10,13-14H2,1H3,(H,28,29)(H,30,31)/t20-,25-,26-/m1/s1. The summed E-state index contributed by atoms with van der Waals surface area (Å²) in [6, 6.07) is 18.4. The first-order valence-electron chi connectivity index (χ1n) is 11.2. The fourth-order valence-corrected chi connectivity index (χ4v) is 5.14. The number of hydrogen-bond donors (Lipinski definition) is 2. The fourth-order valence-electron chi connectivity index (χ4n) is 5.14. The molecule has 0 saturated heterocycles. The zero-order valence-electron chi connectivity index (χ0n) is 19.0. The van der Waals surface area contributed by atoms with Crippen LogP contribution in [0.5, 0.6) is 23.0 Å². The van der Waals surface area contributed by atoms with E-state index in [2.05, 4.69) is 0 Å². The van der Waals surface area contributed by atoms with Crippen LogP contribution in [-0.2, 0) is 16.0 Å². The Bertz CT molecular complexity index is 1280. The molecule has 0 fully saturated rings. The van der Waals surface area contributed by atoms with E-state index in [1.54, 1.807) is 24.3 Å². The van der Waals surface area contributed by atoms with E-state index >= 15 is 0 Å². The quantitative estimate of drug-likeness (QED) is 0.525. The molecule has 2 aliphatic rings. The van der Waals surface area contributed by atoms with Crippen molar-refractivity contribution >= 4 is 11.9 Å². The second-order valence-corrected chi connectivity index (χ2v) is 8.55. The average molecular weight is 476 g/mol. The number of methoxy groups -OCH3 is 1. The molecule has 0 spiro atoms. The topological polar surface area (TPSA) is 112 Å². The molecular weight excluding hydrogens is 452 g/mol. The summed E-state index contributed by atoms with van der Waals surface area (Å²) in [5.74, 6) is -1.86. The summed E-state index contributed by atoms with van der Waals surface area (Å²) < 4.78 is 21.9. The summed E-state index contributed by atoms with van der Waals surface area (Å²) in [7, 11) is 1.50. The van der Waals surface area contributed by atoms with Crippen LogP contribution in [0.15, 0.2) is 60.7 Å². The number of carboxylic acids is 2. The largest absolute Gasteiger partial charge is 0.497 e. The molecule has 3 atom stereocenters. The highest BCUT2D eigenvalue weighted by atomic mass is 16.7. The van der Waals surface area contributed by atoms with E-state index in [1.165, 1.54) is 7.11 Å². The predicted molar refractivity (Wildman–Crippen MR) is 125 cm³/mol. The Labute approximate surface area is 201 Å². The van der Waals surface area contributed by atoms with Crippen LogP contribution in [0.1, 0.15) is 34.1 Å². The van der Waals surface area contributed by atoms with Crippen LogP contribution in [-0.4, -0.2) is 42.7 Å². The van der Waals surface area contributed by atoms with Gasteiger partial charge in [-0.2, -0.15) is 0 Å². The number of benzene rings is 3. The monoisotopic (exact) mass is 476 g/mol. The maximum absolute atomic E-state index is 12.9. The molecular formula is C27H24O8. The van der Waals surface area contributed by atoms with Gasteiger partial charge in [-0.25, -0.2) is 4.79 Å². The molecule has 8 nitrogen and oxygen atoms in total. The first kappa shape index (κ1) is 22.6. The van der Waals surface area contributed by atoms with Crippen molar-refractivity contribution in [1.29, 1.82) is 0 Å². The SMILES string of the molecule is COc1ccc([C@H]2Cc3ccccc3[C@@H](c3ccc4c(c3)OCO4)[C@@H]2C(=O)O)c(OCC(=O)O)c1. The second-order valence-electron chi connectivity index (χ2n) is 8.55. The van der Waals surface area contributed by atoms with E-state index in [9.17, 15) is 14.7 Å². The molecule has 1 aliphatic carbocycles. The van der Waals surface area contributed by atoms with Gasteiger partial charge in [0.05, 0.1) is 13.0 Å². The summed E-state index contributed by atoms with van der Waals surface area (Å²) in [6.07, 6.45) is 0.462. The van der Waals surface area contributed by atoms with Gasteiger partial charge in [0.25, 0.3) is 0 Å². The maximum atomic E-state index is 12.9. The number of aliphatic carboxylic acids is 2. The number of hydrogen-bond acceptors (Lipinski definition) is 6. The van der Waals surface area contributed by atoms with Gasteiger partial charge in [0.1, 0.15) is 11.5 Å². The Morgan fingerprint density at radius 2 is 1.77 bits per heavy atom. The third-order valence-corrected chi connectivity index (χ3v) is 6.63. The lowest BCUT2D eigenvalue weighted by atomic mass is 9.64. The summed E-state index contributed by atoms with van der Waals surface area (Å²) in [4.78, 5) is 24.1. The van der Waals surface area contributed by atoms with Crippen molar-refractivity contribution < 1.29 is 38.7 Å². The van der Waals surface area contributed by atoms with E-state index in [0.717, 1.165) is 16.7 Å². The van der Waals surface area contributed by atoms with Gasteiger partial charge in [0.15, 0.2) is 18.1 Å². The number of fused-ring (bicyclic) bond motifs is 2. The average Bonchev–Trinajstić information content (AvgIpc) is 3.34. The van der Waals surface area contributed by atoms with Crippen LogP contribution < -0.4 is 18.9 Å². The van der Waals surface area contributed by atoms with E-state index in [4.69, 9.17) is 24.1 Å². The highest BCUT2D eigenvalue weighted by Gasteiger charge is 2.44. The van der Waals surface area contributed by atoms with Crippen LogP contribution in [0.4, 0.5) is 0 Å². The molecule has 2 N–H and O–H groups in total. The lowest BCUT2D eigenvalue weighted by Crippen LogP contribution is -2.35. The molecule has 0 unspecified atom stereocenters. The zero-order valence-corrected chi connectivity index (χ0v) is 19.0. The van der Waals surface area contributed by atoms with Crippen molar-refractivity contribution in [3.63, 3.8) is 0 Å². The van der Waals surface area contributed by atoms with Gasteiger partial charge >= 0.3 is 11.9 Å². The highest BCUT2D eigenvalue weighted by molar-refractivity contribution is 5.76. The second kappa shape index (κ2) is 9.21. The highest BCUT2D eigenvalue weighted by Crippen LogP contribution is 2.51. The first-order valence-corrected chi connectivity index (χ1v) is 11.2. The third-order valence-electron chi connectivity index (χ3n) is 6.63. The van der Waals surface area contributed by atoms with E-state index in [0.29, 0.717) is 35.0 Å². The lowest BCUT2D eigenvalue weighted by Gasteiger charge is -2.38. The Balaban J connectivity index is 1.65. The van der Waals surface area contributed by atoms with Crippen LogP contribution in [0.25, 0.3) is 0 Å². The molecule has 8 heteroatoms. The van der Waals surface area contributed by atoms with Crippen molar-refractivity contribution in [2.24, 2.45) is 5.92 Å². The molecule has 3 aromatic carbocycles. The fraction of sp³-hybridized carbons (Fsp3) is 0.259. The number of carbonyl (C=O) groups is 2. The molecule has 3 aromatic rings. The molecule has 0 saturated carbocycles. The number of carboxylic acid groups (broad SMARTS) is 2. The minimum absolute atomic E-state index is 0.126. The van der Waals surface area contributed by atoms with Crippen molar-refractivity contribution in [3.05, 3.63) is 82.9 Å². The summed E-state index contributed by atoms with van der Waals surface area (Å²) >= 11 is 0. The van der Waals surface area contributed by atoms with Crippen molar-refractivity contribution in [2.45, 2.75) is 18.3 Å². The van der Waals surface area contributed by atoms with Gasteiger partial charge in [0.2, 0.25) is 6.79 Å². The van der Waals surface area contributed by atoms with Crippen LogP contribution in [0.3, 0.4) is 0 Å². The maximum Gasteiger partial charge on any atom is 0.341 e. The van der Waals surface area contributed by atoms with Gasteiger partial charge in [-0.3, -0.25) is 4.79 Å². The minimum atomic E-state index is -1.12. The Morgan fingerprint density at radius 1 is 0.971 bits per heavy atom. The summed E-state index contributed by atoms with van der Waals surface area (Å²) in [5.41, 5.74) is 3.40. The molecule has 180 valence electrons.